The summed E-state index contributed by atoms with van der Waals surface area (Å²) in [5, 5.41) is 15.1. The van der Waals surface area contributed by atoms with Gasteiger partial charge in [0.1, 0.15) is 5.75 Å². The van der Waals surface area contributed by atoms with Gasteiger partial charge in [-0.3, -0.25) is 10.4 Å². The van der Waals surface area contributed by atoms with Crippen molar-refractivity contribution in [3.8, 4) is 5.75 Å². The zero-order valence-corrected chi connectivity index (χ0v) is 11.6. The Bertz CT molecular complexity index is 807. The molecule has 0 saturated heterocycles. The van der Waals surface area contributed by atoms with Crippen LogP contribution in [0.1, 0.15) is 11.1 Å². The van der Waals surface area contributed by atoms with E-state index in [1.54, 1.807) is 18.5 Å². The Kier molecular flexibility index (Phi) is 3.51. The molecule has 1 heterocycles. The second-order valence-corrected chi connectivity index (χ2v) is 4.81. The summed E-state index contributed by atoms with van der Waals surface area (Å²) < 4.78 is 0. The van der Waals surface area contributed by atoms with Crippen LogP contribution in [0.2, 0.25) is 0 Å². The normalized spacial score (nSPS) is 11.1. The number of fused-ring (bicyclic) bond motifs is 1. The van der Waals surface area contributed by atoms with Gasteiger partial charge in [-0.2, -0.15) is 5.10 Å². The Morgan fingerprint density at radius 2 is 2.00 bits per heavy atom. The third-order valence-electron chi connectivity index (χ3n) is 3.21. The number of nitrogens with one attached hydrogen (secondary N) is 1. The lowest BCUT2D eigenvalue weighted by Gasteiger charge is -2.04. The fourth-order valence-corrected chi connectivity index (χ4v) is 2.13. The smallest absolute Gasteiger partial charge is 0.124 e. The topological polar surface area (TPSA) is 57.5 Å². The van der Waals surface area contributed by atoms with Gasteiger partial charge in [-0.25, -0.2) is 0 Å². The summed E-state index contributed by atoms with van der Waals surface area (Å²) in [6.07, 6.45) is 3.35. The molecule has 4 nitrogen and oxygen atoms in total. The summed E-state index contributed by atoms with van der Waals surface area (Å²) in [7, 11) is 0. The van der Waals surface area contributed by atoms with Crippen LogP contribution in [0.5, 0.6) is 5.75 Å². The second-order valence-electron chi connectivity index (χ2n) is 4.81. The predicted octanol–water partition coefficient (Wildman–Crippen LogP) is 3.69. The van der Waals surface area contributed by atoms with Gasteiger partial charge in [0.15, 0.2) is 0 Å². The fourth-order valence-electron chi connectivity index (χ4n) is 2.13. The molecule has 0 saturated carbocycles. The van der Waals surface area contributed by atoms with E-state index in [4.69, 9.17) is 0 Å². The van der Waals surface area contributed by atoms with E-state index in [0.29, 0.717) is 5.56 Å². The molecule has 0 radical (unpaired) electrons. The SMILES string of the molecule is Cc1ccc(/C=N/Nc2cccc3cccnc23)c(O)c1. The molecule has 0 amide bonds. The van der Waals surface area contributed by atoms with Crippen molar-refractivity contribution in [1.82, 2.24) is 4.98 Å². The minimum absolute atomic E-state index is 0.219. The summed E-state index contributed by atoms with van der Waals surface area (Å²) in [5.41, 5.74) is 6.35. The summed E-state index contributed by atoms with van der Waals surface area (Å²) in [6, 6.07) is 15.2. The van der Waals surface area contributed by atoms with Crippen LogP contribution in [0, 0.1) is 6.92 Å². The van der Waals surface area contributed by atoms with Crippen molar-refractivity contribution >= 4 is 22.8 Å². The van der Waals surface area contributed by atoms with Gasteiger partial charge < -0.3 is 5.11 Å². The van der Waals surface area contributed by atoms with E-state index >= 15 is 0 Å². The van der Waals surface area contributed by atoms with Crippen molar-refractivity contribution in [2.75, 3.05) is 5.43 Å². The number of pyridine rings is 1. The van der Waals surface area contributed by atoms with Gasteiger partial charge in [-0.05, 0) is 36.8 Å². The first kappa shape index (κ1) is 13.1. The van der Waals surface area contributed by atoms with Crippen molar-refractivity contribution in [1.29, 1.82) is 0 Å². The molecular weight excluding hydrogens is 262 g/mol. The molecular formula is C17H15N3O. The summed E-state index contributed by atoms with van der Waals surface area (Å²) >= 11 is 0. The van der Waals surface area contributed by atoms with Crippen LogP contribution in [0.25, 0.3) is 10.9 Å². The van der Waals surface area contributed by atoms with E-state index in [2.05, 4.69) is 15.5 Å². The van der Waals surface area contributed by atoms with Crippen molar-refractivity contribution in [3.05, 3.63) is 65.9 Å². The maximum absolute atomic E-state index is 9.83. The fraction of sp³-hybridized carbons (Fsp3) is 0.0588. The van der Waals surface area contributed by atoms with Crippen LogP contribution >= 0.6 is 0 Å². The van der Waals surface area contributed by atoms with E-state index in [1.165, 1.54) is 0 Å². The number of aryl methyl sites for hydroxylation is 1. The first-order valence-electron chi connectivity index (χ1n) is 6.66. The Balaban J connectivity index is 1.84. The Hall–Kier alpha value is -2.88. The average Bonchev–Trinajstić information content (AvgIpc) is 2.50. The predicted molar refractivity (Wildman–Crippen MR) is 85.8 cm³/mol. The minimum Gasteiger partial charge on any atom is -0.507 e. The molecule has 0 aliphatic heterocycles. The number of nitrogens with zero attached hydrogens (tertiary/aromatic N) is 2. The van der Waals surface area contributed by atoms with Crippen LogP contribution < -0.4 is 5.43 Å². The number of rotatable bonds is 3. The molecule has 0 spiro atoms. The maximum atomic E-state index is 9.83. The highest BCUT2D eigenvalue weighted by Crippen LogP contribution is 2.21. The highest BCUT2D eigenvalue weighted by molar-refractivity contribution is 5.91. The number of para-hydroxylation sites is 1. The molecule has 2 N–H and O–H groups in total. The standard InChI is InChI=1S/C17H15N3O/c1-12-7-8-14(16(21)10-12)11-19-20-15-6-2-4-13-5-3-9-18-17(13)15/h2-11,20-21H,1H3/b19-11+. The van der Waals surface area contributed by atoms with Gasteiger partial charge in [-0.15, -0.1) is 0 Å². The number of hydrogen-bond donors (Lipinski definition) is 2. The highest BCUT2D eigenvalue weighted by atomic mass is 16.3. The lowest BCUT2D eigenvalue weighted by Crippen LogP contribution is -1.93. The first-order valence-corrected chi connectivity index (χ1v) is 6.66. The van der Waals surface area contributed by atoms with E-state index in [-0.39, 0.29) is 5.75 Å². The van der Waals surface area contributed by atoms with Gasteiger partial charge in [0.05, 0.1) is 17.4 Å². The zero-order chi connectivity index (χ0) is 14.7. The molecule has 3 aromatic rings. The van der Waals surface area contributed by atoms with Crippen molar-refractivity contribution in [3.63, 3.8) is 0 Å². The quantitative estimate of drug-likeness (QED) is 0.567. The van der Waals surface area contributed by atoms with Gasteiger partial charge >= 0.3 is 0 Å². The Labute approximate surface area is 122 Å². The molecule has 21 heavy (non-hydrogen) atoms. The second kappa shape index (κ2) is 5.63. The van der Waals surface area contributed by atoms with E-state index in [0.717, 1.165) is 22.2 Å². The average molecular weight is 277 g/mol. The number of phenols is 1. The monoisotopic (exact) mass is 277 g/mol. The molecule has 2 aromatic carbocycles. The van der Waals surface area contributed by atoms with E-state index in [1.807, 2.05) is 49.4 Å². The third kappa shape index (κ3) is 2.84. The Morgan fingerprint density at radius 3 is 2.86 bits per heavy atom. The van der Waals surface area contributed by atoms with Gasteiger partial charge in [0.2, 0.25) is 0 Å². The molecule has 4 heteroatoms. The number of aromatic nitrogens is 1. The molecule has 0 aliphatic carbocycles. The zero-order valence-electron chi connectivity index (χ0n) is 11.6. The van der Waals surface area contributed by atoms with Crippen LogP contribution in [0.3, 0.4) is 0 Å². The molecule has 104 valence electrons. The molecule has 0 bridgehead atoms. The van der Waals surface area contributed by atoms with Crippen molar-refractivity contribution in [2.24, 2.45) is 5.10 Å². The van der Waals surface area contributed by atoms with Crippen LogP contribution in [0.4, 0.5) is 5.69 Å². The number of phenolic OH excluding ortho intramolecular Hbond substituents is 1. The van der Waals surface area contributed by atoms with Gasteiger partial charge in [-0.1, -0.05) is 24.3 Å². The third-order valence-corrected chi connectivity index (χ3v) is 3.21. The van der Waals surface area contributed by atoms with Crippen LogP contribution in [-0.4, -0.2) is 16.3 Å². The largest absolute Gasteiger partial charge is 0.507 e. The Morgan fingerprint density at radius 1 is 1.14 bits per heavy atom. The van der Waals surface area contributed by atoms with Gasteiger partial charge in [0, 0.05) is 17.1 Å². The summed E-state index contributed by atoms with van der Waals surface area (Å²) in [5.74, 6) is 0.219. The molecule has 0 atom stereocenters. The molecule has 3 rings (SSSR count). The number of aromatic hydroxyl groups is 1. The number of hydrogen-bond acceptors (Lipinski definition) is 4. The highest BCUT2D eigenvalue weighted by Gasteiger charge is 2.00. The minimum atomic E-state index is 0.219. The van der Waals surface area contributed by atoms with Gasteiger partial charge in [0.25, 0.3) is 0 Å². The van der Waals surface area contributed by atoms with Crippen LogP contribution in [0.15, 0.2) is 59.8 Å². The lowest BCUT2D eigenvalue weighted by atomic mass is 10.1. The number of anilines is 1. The molecule has 1 aromatic heterocycles. The molecule has 0 fully saturated rings. The number of hydrazone groups is 1. The summed E-state index contributed by atoms with van der Waals surface area (Å²) in [4.78, 5) is 4.35. The van der Waals surface area contributed by atoms with E-state index in [9.17, 15) is 5.11 Å². The van der Waals surface area contributed by atoms with Crippen LogP contribution in [-0.2, 0) is 0 Å². The maximum Gasteiger partial charge on any atom is 0.124 e. The molecule has 0 unspecified atom stereocenters. The molecule has 0 aliphatic rings. The first-order chi connectivity index (χ1) is 10.2. The number of benzene rings is 2. The van der Waals surface area contributed by atoms with E-state index < -0.39 is 0 Å². The lowest BCUT2D eigenvalue weighted by molar-refractivity contribution is 0.474. The van der Waals surface area contributed by atoms with Crippen molar-refractivity contribution in [2.45, 2.75) is 6.92 Å². The summed E-state index contributed by atoms with van der Waals surface area (Å²) in [6.45, 7) is 1.93. The van der Waals surface area contributed by atoms with Crippen molar-refractivity contribution < 1.29 is 5.11 Å².